The number of furan rings is 1. The van der Waals surface area contributed by atoms with E-state index >= 15 is 0 Å². The van der Waals surface area contributed by atoms with Crippen LogP contribution >= 0.6 is 0 Å². The molecule has 3 N–H and O–H groups in total. The SMILES string of the molecule is N=C1c2ccoc2NCN1c1ccc(NS(=O)(=O)Cc2cc(C(F)(F)F)ccc2F)cc1. The van der Waals surface area contributed by atoms with Gasteiger partial charge in [-0.05, 0) is 48.5 Å². The molecule has 0 aliphatic carbocycles. The van der Waals surface area contributed by atoms with Crippen molar-refractivity contribution in [1.82, 2.24) is 0 Å². The molecule has 3 aromatic rings. The number of alkyl halides is 3. The second-order valence-corrected chi connectivity index (χ2v) is 8.71. The van der Waals surface area contributed by atoms with Gasteiger partial charge in [-0.2, -0.15) is 13.2 Å². The van der Waals surface area contributed by atoms with Crippen molar-refractivity contribution < 1.29 is 30.4 Å². The highest BCUT2D eigenvalue weighted by atomic mass is 32.2. The zero-order valence-corrected chi connectivity index (χ0v) is 17.0. The Labute approximate surface area is 180 Å². The van der Waals surface area contributed by atoms with Crippen LogP contribution in [-0.2, 0) is 22.0 Å². The second-order valence-electron chi connectivity index (χ2n) is 6.99. The summed E-state index contributed by atoms with van der Waals surface area (Å²) in [6.45, 7) is 0.263. The van der Waals surface area contributed by atoms with Crippen LogP contribution in [0.3, 0.4) is 0 Å². The number of nitrogens with one attached hydrogen (secondary N) is 3. The lowest BCUT2D eigenvalue weighted by Crippen LogP contribution is -2.39. The van der Waals surface area contributed by atoms with Crippen molar-refractivity contribution in [2.24, 2.45) is 0 Å². The number of rotatable bonds is 5. The smallest absolute Gasteiger partial charge is 0.416 e. The van der Waals surface area contributed by atoms with Gasteiger partial charge in [-0.3, -0.25) is 10.1 Å². The second kappa shape index (κ2) is 7.86. The number of fused-ring (bicyclic) bond motifs is 1. The molecule has 0 amide bonds. The van der Waals surface area contributed by atoms with E-state index in [9.17, 15) is 26.0 Å². The van der Waals surface area contributed by atoms with Crippen molar-refractivity contribution in [2.45, 2.75) is 11.9 Å². The summed E-state index contributed by atoms with van der Waals surface area (Å²) in [6, 6.07) is 9.30. The molecule has 7 nitrogen and oxygen atoms in total. The van der Waals surface area contributed by atoms with Gasteiger partial charge in [-0.1, -0.05) is 0 Å². The van der Waals surface area contributed by atoms with E-state index in [2.05, 4.69) is 10.0 Å². The van der Waals surface area contributed by atoms with Gasteiger partial charge in [0, 0.05) is 16.9 Å². The Morgan fingerprint density at radius 1 is 1.12 bits per heavy atom. The van der Waals surface area contributed by atoms with E-state index in [1.165, 1.54) is 18.4 Å². The van der Waals surface area contributed by atoms with Gasteiger partial charge in [0.15, 0.2) is 0 Å². The fourth-order valence-electron chi connectivity index (χ4n) is 3.22. The maximum Gasteiger partial charge on any atom is 0.416 e. The number of benzene rings is 2. The predicted molar refractivity (Wildman–Crippen MR) is 111 cm³/mol. The van der Waals surface area contributed by atoms with Gasteiger partial charge in [0.25, 0.3) is 0 Å². The first-order valence-electron chi connectivity index (χ1n) is 9.17. The lowest BCUT2D eigenvalue weighted by Gasteiger charge is -2.29. The Balaban J connectivity index is 1.48. The van der Waals surface area contributed by atoms with E-state index in [4.69, 9.17) is 9.83 Å². The summed E-state index contributed by atoms with van der Waals surface area (Å²) in [5, 5.41) is 11.3. The maximum absolute atomic E-state index is 13.9. The zero-order chi connectivity index (χ0) is 23.1. The van der Waals surface area contributed by atoms with Crippen LogP contribution in [0.15, 0.2) is 59.2 Å². The molecule has 0 bridgehead atoms. The van der Waals surface area contributed by atoms with Crippen LogP contribution in [0.4, 0.5) is 34.8 Å². The molecule has 2 heterocycles. The largest absolute Gasteiger partial charge is 0.448 e. The first-order chi connectivity index (χ1) is 15.0. The van der Waals surface area contributed by atoms with E-state index in [1.807, 2.05) is 0 Å². The average molecular weight is 468 g/mol. The first kappa shape index (κ1) is 21.7. The van der Waals surface area contributed by atoms with Crippen molar-refractivity contribution in [3.8, 4) is 0 Å². The number of halogens is 4. The Morgan fingerprint density at radius 2 is 1.84 bits per heavy atom. The van der Waals surface area contributed by atoms with Gasteiger partial charge >= 0.3 is 6.18 Å². The highest BCUT2D eigenvalue weighted by molar-refractivity contribution is 7.91. The third kappa shape index (κ3) is 4.40. The van der Waals surface area contributed by atoms with Gasteiger partial charge in [-0.25, -0.2) is 12.8 Å². The third-order valence-corrected chi connectivity index (χ3v) is 6.00. The van der Waals surface area contributed by atoms with E-state index in [0.717, 1.165) is 0 Å². The number of hydrogen-bond acceptors (Lipinski definition) is 5. The molecular weight excluding hydrogens is 452 g/mol. The number of hydrogen-bond donors (Lipinski definition) is 3. The van der Waals surface area contributed by atoms with Crippen LogP contribution in [-0.4, -0.2) is 20.9 Å². The van der Waals surface area contributed by atoms with Gasteiger partial charge in [0.2, 0.25) is 15.9 Å². The molecular formula is C20H16F4N4O3S. The van der Waals surface area contributed by atoms with Gasteiger partial charge < -0.3 is 14.6 Å². The monoisotopic (exact) mass is 468 g/mol. The fraction of sp³-hybridized carbons (Fsp3) is 0.150. The van der Waals surface area contributed by atoms with Crippen molar-refractivity contribution >= 4 is 33.1 Å². The van der Waals surface area contributed by atoms with Crippen molar-refractivity contribution in [3.05, 3.63) is 77.3 Å². The Hall–Kier alpha value is -3.54. The van der Waals surface area contributed by atoms with E-state index < -0.39 is 38.9 Å². The molecule has 0 saturated carbocycles. The topological polar surface area (TPSA) is 98.4 Å². The van der Waals surface area contributed by atoms with E-state index in [1.54, 1.807) is 23.1 Å². The molecule has 0 fully saturated rings. The molecule has 32 heavy (non-hydrogen) atoms. The molecule has 0 spiro atoms. The summed E-state index contributed by atoms with van der Waals surface area (Å²) in [7, 11) is -4.19. The minimum Gasteiger partial charge on any atom is -0.448 e. The molecule has 2 aromatic carbocycles. The van der Waals surface area contributed by atoms with Crippen LogP contribution < -0.4 is 14.9 Å². The van der Waals surface area contributed by atoms with Crippen LogP contribution in [0.25, 0.3) is 0 Å². The molecule has 0 unspecified atom stereocenters. The summed E-state index contributed by atoms with van der Waals surface area (Å²) in [5.41, 5.74) is -0.411. The number of nitrogens with zero attached hydrogens (tertiary/aromatic N) is 1. The fourth-order valence-corrected chi connectivity index (χ4v) is 4.42. The average Bonchev–Trinajstić information content (AvgIpc) is 3.19. The van der Waals surface area contributed by atoms with Crippen molar-refractivity contribution in [1.29, 1.82) is 5.41 Å². The minimum absolute atomic E-state index is 0.140. The molecule has 0 radical (unpaired) electrons. The lowest BCUT2D eigenvalue weighted by molar-refractivity contribution is -0.137. The van der Waals surface area contributed by atoms with Crippen LogP contribution in [0.5, 0.6) is 0 Å². The van der Waals surface area contributed by atoms with Crippen LogP contribution in [0.2, 0.25) is 0 Å². The zero-order valence-electron chi connectivity index (χ0n) is 16.2. The van der Waals surface area contributed by atoms with Gasteiger partial charge in [0.1, 0.15) is 11.7 Å². The highest BCUT2D eigenvalue weighted by Crippen LogP contribution is 2.31. The summed E-state index contributed by atoms with van der Waals surface area (Å²) in [4.78, 5) is 1.63. The third-order valence-electron chi connectivity index (χ3n) is 4.76. The van der Waals surface area contributed by atoms with Crippen molar-refractivity contribution in [2.75, 3.05) is 21.6 Å². The summed E-state index contributed by atoms with van der Waals surface area (Å²) < 4.78 is 84.7. The maximum atomic E-state index is 13.9. The summed E-state index contributed by atoms with van der Waals surface area (Å²) >= 11 is 0. The molecule has 0 atom stereocenters. The predicted octanol–water partition coefficient (Wildman–Crippen LogP) is 4.59. The van der Waals surface area contributed by atoms with Gasteiger partial charge in [-0.15, -0.1) is 0 Å². The molecule has 4 rings (SSSR count). The molecule has 1 aromatic heterocycles. The molecule has 0 saturated heterocycles. The molecule has 12 heteroatoms. The molecule has 168 valence electrons. The van der Waals surface area contributed by atoms with Crippen molar-refractivity contribution in [3.63, 3.8) is 0 Å². The number of anilines is 3. The summed E-state index contributed by atoms with van der Waals surface area (Å²) in [5.74, 6) is -1.33. The van der Waals surface area contributed by atoms with E-state index in [-0.39, 0.29) is 18.2 Å². The molecule has 1 aliphatic rings. The van der Waals surface area contributed by atoms with Crippen LogP contribution in [0, 0.1) is 11.2 Å². The number of sulfonamides is 1. The minimum atomic E-state index is -4.72. The Kier molecular flexibility index (Phi) is 5.33. The van der Waals surface area contributed by atoms with Gasteiger partial charge in [0.05, 0.1) is 29.8 Å². The Morgan fingerprint density at radius 3 is 2.53 bits per heavy atom. The quantitative estimate of drug-likeness (QED) is 0.476. The summed E-state index contributed by atoms with van der Waals surface area (Å²) in [6.07, 6.45) is -3.26. The number of amidine groups is 1. The van der Waals surface area contributed by atoms with Crippen LogP contribution in [0.1, 0.15) is 16.7 Å². The normalized spacial score (nSPS) is 14.1. The first-order valence-corrected chi connectivity index (χ1v) is 10.8. The lowest BCUT2D eigenvalue weighted by atomic mass is 10.1. The standard InChI is InChI=1S/C20H16F4N4O3S/c21-17-6-1-13(20(22,23)24)9-12(17)10-32(29,30)27-14-2-4-15(5-3-14)28-11-26-19-16(18(28)25)7-8-31-19/h1-9,25-27H,10-11H2. The molecule has 1 aliphatic heterocycles. The Bertz CT molecular complexity index is 1270. The van der Waals surface area contributed by atoms with E-state index in [0.29, 0.717) is 35.3 Å². The highest BCUT2D eigenvalue weighted by Gasteiger charge is 2.31.